The molecule has 1 aliphatic heterocycles. The zero-order chi connectivity index (χ0) is 11.4. The van der Waals surface area contributed by atoms with Crippen molar-refractivity contribution in [3.05, 3.63) is 28.8 Å². The summed E-state index contributed by atoms with van der Waals surface area (Å²) in [5.41, 5.74) is 2.14. The van der Waals surface area contributed by atoms with Crippen LogP contribution < -0.4 is 4.90 Å². The Bertz CT molecular complexity index is 403. The minimum atomic E-state index is 0.456. The van der Waals surface area contributed by atoms with E-state index in [0.717, 1.165) is 29.4 Å². The van der Waals surface area contributed by atoms with Gasteiger partial charge in [0.2, 0.25) is 0 Å². The molecule has 0 aromatic heterocycles. The van der Waals surface area contributed by atoms with Crippen molar-refractivity contribution < 1.29 is 0 Å². The van der Waals surface area contributed by atoms with Gasteiger partial charge in [0.1, 0.15) is 0 Å². The summed E-state index contributed by atoms with van der Waals surface area (Å²) in [5.74, 6) is 0. The van der Waals surface area contributed by atoms with Crippen molar-refractivity contribution in [3.63, 3.8) is 0 Å². The zero-order valence-electron chi connectivity index (χ0n) is 9.25. The summed E-state index contributed by atoms with van der Waals surface area (Å²) in [6.07, 6.45) is 4.24. The standard InChI is InChI=1S/C13H15ClN2/c14-12-5-4-11(6-7-15)10-13(12)16-8-2-1-3-9-16/h4-5,10H,1-3,6,8-9H2. The van der Waals surface area contributed by atoms with Gasteiger partial charge in [-0.1, -0.05) is 17.7 Å². The molecule has 0 unspecified atom stereocenters. The fraction of sp³-hybridized carbons (Fsp3) is 0.462. The van der Waals surface area contributed by atoms with Crippen LogP contribution in [0.15, 0.2) is 18.2 Å². The molecule has 0 amide bonds. The molecular weight excluding hydrogens is 220 g/mol. The highest BCUT2D eigenvalue weighted by Gasteiger charge is 2.14. The molecule has 1 fully saturated rings. The topological polar surface area (TPSA) is 27.0 Å². The van der Waals surface area contributed by atoms with Crippen molar-refractivity contribution in [1.29, 1.82) is 5.26 Å². The van der Waals surface area contributed by atoms with Gasteiger partial charge < -0.3 is 4.90 Å². The highest BCUT2D eigenvalue weighted by atomic mass is 35.5. The van der Waals surface area contributed by atoms with E-state index in [2.05, 4.69) is 17.0 Å². The molecule has 1 saturated heterocycles. The summed E-state index contributed by atoms with van der Waals surface area (Å²) in [6, 6.07) is 8.05. The predicted molar refractivity (Wildman–Crippen MR) is 66.8 cm³/mol. The lowest BCUT2D eigenvalue weighted by Gasteiger charge is -2.29. The SMILES string of the molecule is N#CCc1ccc(Cl)c(N2CCCCC2)c1. The molecule has 0 atom stereocenters. The largest absolute Gasteiger partial charge is 0.370 e. The average Bonchev–Trinajstić information content (AvgIpc) is 2.33. The first-order valence-corrected chi connectivity index (χ1v) is 6.09. The highest BCUT2D eigenvalue weighted by molar-refractivity contribution is 6.33. The Balaban J connectivity index is 2.24. The van der Waals surface area contributed by atoms with Gasteiger partial charge in [-0.25, -0.2) is 0 Å². The lowest BCUT2D eigenvalue weighted by molar-refractivity contribution is 0.578. The minimum absolute atomic E-state index is 0.456. The van der Waals surface area contributed by atoms with Crippen LogP contribution in [0.1, 0.15) is 24.8 Å². The number of benzene rings is 1. The van der Waals surface area contributed by atoms with E-state index in [9.17, 15) is 0 Å². The van der Waals surface area contributed by atoms with Gasteiger partial charge in [-0.15, -0.1) is 0 Å². The first-order chi connectivity index (χ1) is 7.81. The van der Waals surface area contributed by atoms with Crippen LogP contribution in [0.25, 0.3) is 0 Å². The number of anilines is 1. The van der Waals surface area contributed by atoms with Gasteiger partial charge in [-0.3, -0.25) is 0 Å². The summed E-state index contributed by atoms with van der Waals surface area (Å²) in [4.78, 5) is 2.33. The lowest BCUT2D eigenvalue weighted by atomic mass is 10.1. The fourth-order valence-corrected chi connectivity index (χ4v) is 2.37. The first-order valence-electron chi connectivity index (χ1n) is 5.71. The van der Waals surface area contributed by atoms with Crippen LogP contribution in [0.3, 0.4) is 0 Å². The fourth-order valence-electron chi connectivity index (χ4n) is 2.14. The van der Waals surface area contributed by atoms with Gasteiger partial charge in [-0.2, -0.15) is 5.26 Å². The molecule has 1 heterocycles. The van der Waals surface area contributed by atoms with Gasteiger partial charge in [0.25, 0.3) is 0 Å². The molecule has 0 N–H and O–H groups in total. The molecule has 0 saturated carbocycles. The van der Waals surface area contributed by atoms with Crippen molar-refractivity contribution in [2.75, 3.05) is 18.0 Å². The molecule has 3 heteroatoms. The lowest BCUT2D eigenvalue weighted by Crippen LogP contribution is -2.29. The second-order valence-corrected chi connectivity index (χ2v) is 4.58. The first kappa shape index (κ1) is 11.3. The van der Waals surface area contributed by atoms with E-state index >= 15 is 0 Å². The Morgan fingerprint density at radius 1 is 1.25 bits per heavy atom. The summed E-state index contributed by atoms with van der Waals surface area (Å²) in [7, 11) is 0. The van der Waals surface area contributed by atoms with E-state index in [0.29, 0.717) is 6.42 Å². The Kier molecular flexibility index (Phi) is 3.69. The van der Waals surface area contributed by atoms with Gasteiger partial charge >= 0.3 is 0 Å². The van der Waals surface area contributed by atoms with Gasteiger partial charge in [0, 0.05) is 13.1 Å². The third-order valence-electron chi connectivity index (χ3n) is 2.99. The van der Waals surface area contributed by atoms with E-state index in [1.54, 1.807) is 0 Å². The number of hydrogen-bond donors (Lipinski definition) is 0. The molecule has 0 spiro atoms. The second kappa shape index (κ2) is 5.23. The van der Waals surface area contributed by atoms with E-state index in [4.69, 9.17) is 16.9 Å². The molecule has 1 aliphatic rings. The number of halogens is 1. The van der Waals surface area contributed by atoms with Crippen molar-refractivity contribution in [2.24, 2.45) is 0 Å². The Morgan fingerprint density at radius 2 is 2.00 bits per heavy atom. The quantitative estimate of drug-likeness (QED) is 0.784. The van der Waals surface area contributed by atoms with Gasteiger partial charge in [0.05, 0.1) is 23.2 Å². The van der Waals surface area contributed by atoms with E-state index < -0.39 is 0 Å². The van der Waals surface area contributed by atoms with Crippen LogP contribution in [0, 0.1) is 11.3 Å². The third kappa shape index (κ3) is 2.48. The molecule has 16 heavy (non-hydrogen) atoms. The molecule has 2 nitrogen and oxygen atoms in total. The van der Waals surface area contributed by atoms with Crippen molar-refractivity contribution in [1.82, 2.24) is 0 Å². The second-order valence-electron chi connectivity index (χ2n) is 4.17. The van der Waals surface area contributed by atoms with E-state index in [1.807, 2.05) is 12.1 Å². The van der Waals surface area contributed by atoms with Gasteiger partial charge in [-0.05, 0) is 37.0 Å². The number of piperidine rings is 1. The van der Waals surface area contributed by atoms with Crippen LogP contribution in [0.5, 0.6) is 0 Å². The predicted octanol–water partition coefficient (Wildman–Crippen LogP) is 3.40. The Morgan fingerprint density at radius 3 is 2.69 bits per heavy atom. The normalized spacial score (nSPS) is 15.9. The summed E-state index contributed by atoms with van der Waals surface area (Å²) < 4.78 is 0. The number of hydrogen-bond acceptors (Lipinski definition) is 2. The molecule has 1 aromatic carbocycles. The van der Waals surface area contributed by atoms with Gasteiger partial charge in [0.15, 0.2) is 0 Å². The molecule has 1 aromatic rings. The van der Waals surface area contributed by atoms with Crippen LogP contribution in [-0.4, -0.2) is 13.1 Å². The molecule has 0 bridgehead atoms. The molecular formula is C13H15ClN2. The Hall–Kier alpha value is -1.20. The number of rotatable bonds is 2. The van der Waals surface area contributed by atoms with Crippen molar-refractivity contribution in [2.45, 2.75) is 25.7 Å². The zero-order valence-corrected chi connectivity index (χ0v) is 10.0. The van der Waals surface area contributed by atoms with E-state index in [-0.39, 0.29) is 0 Å². The maximum atomic E-state index is 8.69. The monoisotopic (exact) mass is 234 g/mol. The van der Waals surface area contributed by atoms with Crippen molar-refractivity contribution >= 4 is 17.3 Å². The van der Waals surface area contributed by atoms with Crippen LogP contribution in [-0.2, 0) is 6.42 Å². The summed E-state index contributed by atoms with van der Waals surface area (Å²) in [6.45, 7) is 2.16. The number of nitrogens with zero attached hydrogens (tertiary/aromatic N) is 2. The van der Waals surface area contributed by atoms with Crippen LogP contribution in [0.4, 0.5) is 5.69 Å². The summed E-state index contributed by atoms with van der Waals surface area (Å²) >= 11 is 6.21. The van der Waals surface area contributed by atoms with Crippen molar-refractivity contribution in [3.8, 4) is 6.07 Å². The Labute approximate surface area is 101 Å². The molecule has 2 rings (SSSR count). The smallest absolute Gasteiger partial charge is 0.0669 e. The maximum Gasteiger partial charge on any atom is 0.0669 e. The molecule has 0 aliphatic carbocycles. The number of nitriles is 1. The van der Waals surface area contributed by atoms with E-state index in [1.165, 1.54) is 19.3 Å². The van der Waals surface area contributed by atoms with Crippen LogP contribution in [0.2, 0.25) is 5.02 Å². The minimum Gasteiger partial charge on any atom is -0.370 e. The molecule has 0 radical (unpaired) electrons. The average molecular weight is 235 g/mol. The summed E-state index contributed by atoms with van der Waals surface area (Å²) in [5, 5.41) is 9.49. The third-order valence-corrected chi connectivity index (χ3v) is 3.31. The maximum absolute atomic E-state index is 8.69. The highest BCUT2D eigenvalue weighted by Crippen LogP contribution is 2.29. The molecule has 84 valence electrons. The van der Waals surface area contributed by atoms with Crippen LogP contribution >= 0.6 is 11.6 Å².